The van der Waals surface area contributed by atoms with Crippen molar-refractivity contribution in [3.05, 3.63) is 94.0 Å². The maximum absolute atomic E-state index is 13.5. The Hall–Kier alpha value is -3.77. The molecule has 192 valence electrons. The summed E-state index contributed by atoms with van der Waals surface area (Å²) < 4.78 is 5.41. The standard InChI is InChI=1S/C30H31ClN2O4/c1-30(2,3)19-9-14-22(15-10-19)33-26(18-7-12-21(13-8-18)32(4)5)25(28(35)29(33)36)27(34)23-17-20(31)11-16-24(23)37-6/h7-17,26,34H,1-6H3/b27-25+. The fraction of sp³-hybridized carbons (Fsp3) is 0.267. The van der Waals surface area contributed by atoms with Gasteiger partial charge in [0.05, 0.1) is 24.3 Å². The maximum atomic E-state index is 13.5. The van der Waals surface area contributed by atoms with Crippen molar-refractivity contribution in [2.24, 2.45) is 0 Å². The molecule has 1 fully saturated rings. The van der Waals surface area contributed by atoms with Gasteiger partial charge in [-0.1, -0.05) is 56.6 Å². The Morgan fingerprint density at radius 2 is 1.59 bits per heavy atom. The van der Waals surface area contributed by atoms with Crippen LogP contribution in [0.3, 0.4) is 0 Å². The van der Waals surface area contributed by atoms with Gasteiger partial charge < -0.3 is 14.7 Å². The van der Waals surface area contributed by atoms with Crippen LogP contribution in [0.5, 0.6) is 5.75 Å². The third-order valence-electron chi connectivity index (χ3n) is 6.60. The number of ether oxygens (including phenoxy) is 1. The molecule has 37 heavy (non-hydrogen) atoms. The zero-order chi connectivity index (χ0) is 27.1. The number of benzene rings is 3. The van der Waals surface area contributed by atoms with E-state index in [0.717, 1.165) is 11.3 Å². The third kappa shape index (κ3) is 4.94. The average molecular weight is 519 g/mol. The summed E-state index contributed by atoms with van der Waals surface area (Å²) in [7, 11) is 5.33. The van der Waals surface area contributed by atoms with Gasteiger partial charge in [-0.05, 0) is 59.0 Å². The van der Waals surface area contributed by atoms with Gasteiger partial charge in [0.15, 0.2) is 0 Å². The van der Waals surface area contributed by atoms with Crippen molar-refractivity contribution >= 4 is 40.4 Å². The Kier molecular flexibility index (Phi) is 7.07. The number of hydrogen-bond donors (Lipinski definition) is 1. The molecule has 1 aliphatic rings. The number of aliphatic hydroxyl groups is 1. The summed E-state index contributed by atoms with van der Waals surface area (Å²) in [6.45, 7) is 6.33. The van der Waals surface area contributed by atoms with Gasteiger partial charge in [0.2, 0.25) is 0 Å². The topological polar surface area (TPSA) is 70.1 Å². The molecular formula is C30H31ClN2O4. The smallest absolute Gasteiger partial charge is 0.300 e. The van der Waals surface area contributed by atoms with Crippen LogP contribution in [0, 0.1) is 0 Å². The van der Waals surface area contributed by atoms with Gasteiger partial charge in [0.25, 0.3) is 11.7 Å². The molecule has 0 aliphatic carbocycles. The highest BCUT2D eigenvalue weighted by Crippen LogP contribution is 2.44. The number of amides is 1. The number of methoxy groups -OCH3 is 1. The van der Waals surface area contributed by atoms with E-state index in [4.69, 9.17) is 16.3 Å². The zero-order valence-corrected chi connectivity index (χ0v) is 22.6. The van der Waals surface area contributed by atoms with Gasteiger partial charge in [-0.3, -0.25) is 14.5 Å². The van der Waals surface area contributed by atoms with Gasteiger partial charge >= 0.3 is 0 Å². The molecule has 1 N–H and O–H groups in total. The molecule has 1 unspecified atom stereocenters. The van der Waals surface area contributed by atoms with Crippen molar-refractivity contribution in [3.8, 4) is 5.75 Å². The summed E-state index contributed by atoms with van der Waals surface area (Å²) >= 11 is 6.21. The fourth-order valence-corrected chi connectivity index (χ4v) is 4.67. The molecule has 1 amide bonds. The number of hydrogen-bond acceptors (Lipinski definition) is 5. The van der Waals surface area contributed by atoms with E-state index in [0.29, 0.717) is 22.0 Å². The monoisotopic (exact) mass is 518 g/mol. The molecule has 3 aromatic rings. The van der Waals surface area contributed by atoms with E-state index in [9.17, 15) is 14.7 Å². The molecule has 1 saturated heterocycles. The van der Waals surface area contributed by atoms with E-state index < -0.39 is 17.7 Å². The summed E-state index contributed by atoms with van der Waals surface area (Å²) in [5.74, 6) is -1.49. The van der Waals surface area contributed by atoms with Crippen LogP contribution in [0.25, 0.3) is 5.76 Å². The molecule has 0 aromatic heterocycles. The van der Waals surface area contributed by atoms with Crippen molar-refractivity contribution in [2.45, 2.75) is 32.2 Å². The number of nitrogens with zero attached hydrogens (tertiary/aromatic N) is 2. The number of carbonyl (C=O) groups excluding carboxylic acids is 2. The molecule has 1 heterocycles. The maximum Gasteiger partial charge on any atom is 0.300 e. The second kappa shape index (κ2) is 9.94. The van der Waals surface area contributed by atoms with Crippen LogP contribution in [-0.4, -0.2) is 38.0 Å². The van der Waals surface area contributed by atoms with Crippen LogP contribution in [0.15, 0.2) is 72.3 Å². The largest absolute Gasteiger partial charge is 0.507 e. The quantitative estimate of drug-likeness (QED) is 0.242. The number of halogens is 1. The lowest BCUT2D eigenvalue weighted by atomic mass is 9.87. The Bertz CT molecular complexity index is 1370. The highest BCUT2D eigenvalue weighted by molar-refractivity contribution is 6.51. The van der Waals surface area contributed by atoms with Crippen molar-refractivity contribution in [1.82, 2.24) is 0 Å². The van der Waals surface area contributed by atoms with Gasteiger partial charge in [-0.2, -0.15) is 0 Å². The Morgan fingerprint density at radius 3 is 2.14 bits per heavy atom. The van der Waals surface area contributed by atoms with Crippen molar-refractivity contribution in [2.75, 3.05) is 31.0 Å². The first-order chi connectivity index (χ1) is 17.4. The Balaban J connectivity index is 1.94. The molecule has 7 heteroatoms. The van der Waals surface area contributed by atoms with E-state index in [1.54, 1.807) is 12.1 Å². The van der Waals surface area contributed by atoms with Crippen LogP contribution in [0.2, 0.25) is 5.02 Å². The Labute approximate surface area is 222 Å². The van der Waals surface area contributed by atoms with Crippen LogP contribution in [0.1, 0.15) is 43.5 Å². The minimum Gasteiger partial charge on any atom is -0.507 e. The lowest BCUT2D eigenvalue weighted by Crippen LogP contribution is -2.29. The third-order valence-corrected chi connectivity index (χ3v) is 6.83. The molecule has 0 radical (unpaired) electrons. The van der Waals surface area contributed by atoms with E-state index in [2.05, 4.69) is 20.8 Å². The minimum absolute atomic E-state index is 0.0249. The summed E-state index contributed by atoms with van der Waals surface area (Å²) in [4.78, 5) is 30.4. The van der Waals surface area contributed by atoms with Gasteiger partial charge in [-0.15, -0.1) is 0 Å². The first kappa shape index (κ1) is 26.3. The highest BCUT2D eigenvalue weighted by atomic mass is 35.5. The van der Waals surface area contributed by atoms with Crippen LogP contribution in [-0.2, 0) is 15.0 Å². The van der Waals surface area contributed by atoms with Crippen molar-refractivity contribution in [1.29, 1.82) is 0 Å². The molecule has 4 rings (SSSR count). The Morgan fingerprint density at radius 1 is 0.973 bits per heavy atom. The normalized spacial score (nSPS) is 17.3. The first-order valence-electron chi connectivity index (χ1n) is 12.0. The average Bonchev–Trinajstić information content (AvgIpc) is 3.13. The summed E-state index contributed by atoms with van der Waals surface area (Å²) in [6, 6.07) is 19.1. The second-order valence-electron chi connectivity index (χ2n) is 10.3. The molecular weight excluding hydrogens is 488 g/mol. The lowest BCUT2D eigenvalue weighted by Gasteiger charge is -2.27. The SMILES string of the molecule is COc1ccc(Cl)cc1/C(O)=C1\C(=O)C(=O)N(c2ccc(C(C)(C)C)cc2)C1c1ccc(N(C)C)cc1. The van der Waals surface area contributed by atoms with E-state index in [1.807, 2.05) is 67.5 Å². The summed E-state index contributed by atoms with van der Waals surface area (Å²) in [6.07, 6.45) is 0. The molecule has 0 saturated carbocycles. The van der Waals surface area contributed by atoms with Crippen molar-refractivity contribution < 1.29 is 19.4 Å². The molecule has 0 spiro atoms. The zero-order valence-electron chi connectivity index (χ0n) is 21.9. The molecule has 1 aliphatic heterocycles. The van der Waals surface area contributed by atoms with Gasteiger partial charge in [0, 0.05) is 30.5 Å². The predicted octanol–water partition coefficient (Wildman–Crippen LogP) is 6.34. The molecule has 6 nitrogen and oxygen atoms in total. The number of carbonyl (C=O) groups is 2. The summed E-state index contributed by atoms with van der Waals surface area (Å²) in [5, 5.41) is 11.8. The van der Waals surface area contributed by atoms with Gasteiger partial charge in [0.1, 0.15) is 11.5 Å². The molecule has 3 aromatic carbocycles. The molecule has 1 atom stereocenters. The number of rotatable bonds is 5. The van der Waals surface area contributed by atoms with Crippen LogP contribution < -0.4 is 14.5 Å². The minimum atomic E-state index is -0.847. The van der Waals surface area contributed by atoms with Crippen LogP contribution in [0.4, 0.5) is 11.4 Å². The fourth-order valence-electron chi connectivity index (χ4n) is 4.50. The van der Waals surface area contributed by atoms with Crippen molar-refractivity contribution in [3.63, 3.8) is 0 Å². The second-order valence-corrected chi connectivity index (χ2v) is 10.7. The number of Topliss-reactive ketones (excluding diaryl/α,β-unsaturated/α-hetero) is 1. The predicted molar refractivity (Wildman–Crippen MR) is 149 cm³/mol. The molecule has 0 bridgehead atoms. The highest BCUT2D eigenvalue weighted by Gasteiger charge is 2.47. The van der Waals surface area contributed by atoms with E-state index in [-0.39, 0.29) is 22.3 Å². The summed E-state index contributed by atoms with van der Waals surface area (Å²) in [5.41, 5.74) is 3.46. The number of ketones is 1. The first-order valence-corrected chi connectivity index (χ1v) is 12.3. The number of anilines is 2. The van der Waals surface area contributed by atoms with E-state index >= 15 is 0 Å². The number of aliphatic hydroxyl groups excluding tert-OH is 1. The van der Waals surface area contributed by atoms with Crippen LogP contribution >= 0.6 is 11.6 Å². The van der Waals surface area contributed by atoms with Gasteiger partial charge in [-0.25, -0.2) is 0 Å². The van der Waals surface area contributed by atoms with E-state index in [1.165, 1.54) is 18.1 Å². The lowest BCUT2D eigenvalue weighted by molar-refractivity contribution is -0.132.